The Morgan fingerprint density at radius 3 is 2.93 bits per heavy atom. The molecule has 0 aliphatic carbocycles. The first kappa shape index (κ1) is 11.3. The molecule has 14 heavy (non-hydrogen) atoms. The third kappa shape index (κ3) is 3.17. The average molecular weight is 279 g/mol. The highest BCUT2D eigenvalue weighted by atomic mass is 79.9. The van der Waals surface area contributed by atoms with E-state index < -0.39 is 11.2 Å². The van der Waals surface area contributed by atoms with Crippen molar-refractivity contribution < 1.29 is 9.13 Å². The van der Waals surface area contributed by atoms with Gasteiger partial charge in [0, 0.05) is 4.47 Å². The van der Waals surface area contributed by atoms with Crippen molar-refractivity contribution in [3.05, 3.63) is 28.5 Å². The van der Waals surface area contributed by atoms with Crippen molar-refractivity contribution in [2.75, 3.05) is 6.61 Å². The quantitative estimate of drug-likeness (QED) is 0.796. The Kier molecular flexibility index (Phi) is 4.18. The molecule has 5 heteroatoms. The molecular formula is C9H6BrClFNO. The average Bonchev–Trinajstić information content (AvgIpc) is 2.16. The summed E-state index contributed by atoms with van der Waals surface area (Å²) in [5.74, 6) is -0.393. The first-order valence-corrected chi connectivity index (χ1v) is 4.98. The van der Waals surface area contributed by atoms with Crippen LogP contribution in [-0.2, 0) is 0 Å². The monoisotopic (exact) mass is 277 g/mol. The first-order chi connectivity index (χ1) is 6.63. The van der Waals surface area contributed by atoms with E-state index in [1.807, 2.05) is 0 Å². The molecule has 1 atom stereocenters. The zero-order valence-corrected chi connectivity index (χ0v) is 9.35. The van der Waals surface area contributed by atoms with Crippen molar-refractivity contribution in [3.63, 3.8) is 0 Å². The van der Waals surface area contributed by atoms with E-state index in [0.29, 0.717) is 4.47 Å². The summed E-state index contributed by atoms with van der Waals surface area (Å²) in [6, 6.07) is 6.18. The Labute approximate surface area is 94.4 Å². The highest BCUT2D eigenvalue weighted by Crippen LogP contribution is 2.21. The van der Waals surface area contributed by atoms with Crippen LogP contribution in [0.25, 0.3) is 0 Å². The number of halogens is 3. The van der Waals surface area contributed by atoms with Gasteiger partial charge in [-0.2, -0.15) is 5.26 Å². The van der Waals surface area contributed by atoms with Crippen molar-refractivity contribution in [3.8, 4) is 11.8 Å². The molecule has 0 bridgehead atoms. The third-order valence-electron chi connectivity index (χ3n) is 1.42. The minimum absolute atomic E-state index is 0.0311. The summed E-state index contributed by atoms with van der Waals surface area (Å²) in [7, 11) is 0. The molecule has 0 saturated heterocycles. The lowest BCUT2D eigenvalue weighted by Crippen LogP contribution is -2.09. The van der Waals surface area contributed by atoms with Crippen molar-refractivity contribution in [1.29, 1.82) is 5.26 Å². The molecule has 1 rings (SSSR count). The molecule has 0 heterocycles. The van der Waals surface area contributed by atoms with Crippen LogP contribution >= 0.6 is 27.5 Å². The molecule has 0 spiro atoms. The molecule has 74 valence electrons. The lowest BCUT2D eigenvalue weighted by atomic mass is 10.3. The van der Waals surface area contributed by atoms with Gasteiger partial charge in [-0.15, -0.1) is 11.6 Å². The van der Waals surface area contributed by atoms with Crippen molar-refractivity contribution in [2.24, 2.45) is 0 Å². The van der Waals surface area contributed by atoms with Gasteiger partial charge in [-0.3, -0.25) is 0 Å². The smallest absolute Gasteiger partial charge is 0.166 e. The Morgan fingerprint density at radius 2 is 2.36 bits per heavy atom. The molecular weight excluding hydrogens is 272 g/mol. The Hall–Kier alpha value is -0.790. The molecule has 1 aromatic rings. The van der Waals surface area contributed by atoms with Crippen LogP contribution in [0.3, 0.4) is 0 Å². The lowest BCUT2D eigenvalue weighted by Gasteiger charge is -2.06. The number of ether oxygens (including phenoxy) is 1. The molecule has 0 radical (unpaired) electrons. The minimum atomic E-state index is -0.766. The topological polar surface area (TPSA) is 33.0 Å². The van der Waals surface area contributed by atoms with Gasteiger partial charge in [0.1, 0.15) is 6.61 Å². The number of alkyl halides is 1. The van der Waals surface area contributed by atoms with E-state index in [-0.39, 0.29) is 12.4 Å². The summed E-state index contributed by atoms with van der Waals surface area (Å²) < 4.78 is 18.7. The van der Waals surface area contributed by atoms with Crippen LogP contribution in [0, 0.1) is 17.1 Å². The second kappa shape index (κ2) is 5.18. The normalized spacial score (nSPS) is 11.9. The number of hydrogen-bond donors (Lipinski definition) is 0. The standard InChI is InChI=1S/C9H6BrClFNO/c10-6-1-2-9(8(12)3-6)14-5-7(11)4-13/h1-3,7H,5H2. The van der Waals surface area contributed by atoms with Crippen LogP contribution in [0.5, 0.6) is 5.75 Å². The Morgan fingerprint density at radius 1 is 1.64 bits per heavy atom. The van der Waals surface area contributed by atoms with Crippen LogP contribution in [0.15, 0.2) is 22.7 Å². The highest BCUT2D eigenvalue weighted by Gasteiger charge is 2.07. The molecule has 0 fully saturated rings. The van der Waals surface area contributed by atoms with E-state index in [9.17, 15) is 4.39 Å². The van der Waals surface area contributed by atoms with Crippen molar-refractivity contribution in [1.82, 2.24) is 0 Å². The lowest BCUT2D eigenvalue weighted by molar-refractivity contribution is 0.311. The molecule has 0 N–H and O–H groups in total. The zero-order chi connectivity index (χ0) is 10.6. The largest absolute Gasteiger partial charge is 0.488 e. The summed E-state index contributed by atoms with van der Waals surface area (Å²) >= 11 is 8.60. The number of hydrogen-bond acceptors (Lipinski definition) is 2. The number of benzene rings is 1. The second-order valence-electron chi connectivity index (χ2n) is 2.48. The fourth-order valence-corrected chi connectivity index (χ4v) is 1.19. The van der Waals surface area contributed by atoms with Gasteiger partial charge in [-0.1, -0.05) is 15.9 Å². The van der Waals surface area contributed by atoms with Gasteiger partial charge >= 0.3 is 0 Å². The summed E-state index contributed by atoms with van der Waals surface area (Å²) in [6.45, 7) is -0.0311. The van der Waals surface area contributed by atoms with Crippen molar-refractivity contribution >= 4 is 27.5 Å². The fourth-order valence-electron chi connectivity index (χ4n) is 0.792. The predicted octanol–water partition coefficient (Wildman–Crippen LogP) is 3.10. The van der Waals surface area contributed by atoms with Crippen LogP contribution in [-0.4, -0.2) is 12.0 Å². The Balaban J connectivity index is 2.64. The highest BCUT2D eigenvalue weighted by molar-refractivity contribution is 9.10. The van der Waals surface area contributed by atoms with E-state index >= 15 is 0 Å². The third-order valence-corrected chi connectivity index (χ3v) is 2.14. The van der Waals surface area contributed by atoms with E-state index in [4.69, 9.17) is 21.6 Å². The minimum Gasteiger partial charge on any atom is -0.488 e. The second-order valence-corrected chi connectivity index (χ2v) is 3.92. The zero-order valence-electron chi connectivity index (χ0n) is 7.01. The van der Waals surface area contributed by atoms with Gasteiger partial charge in [-0.25, -0.2) is 4.39 Å². The van der Waals surface area contributed by atoms with Crippen LogP contribution < -0.4 is 4.74 Å². The summed E-state index contributed by atoms with van der Waals surface area (Å²) in [5, 5.41) is 7.60. The number of nitrogens with zero attached hydrogens (tertiary/aromatic N) is 1. The molecule has 0 aromatic heterocycles. The number of nitriles is 1. The van der Waals surface area contributed by atoms with Crippen LogP contribution in [0.4, 0.5) is 4.39 Å². The SMILES string of the molecule is N#CC(Cl)COc1ccc(Br)cc1F. The molecule has 0 aliphatic heterocycles. The molecule has 2 nitrogen and oxygen atoms in total. The molecule has 0 saturated carbocycles. The molecule has 1 aromatic carbocycles. The van der Waals surface area contributed by atoms with Gasteiger partial charge in [0.15, 0.2) is 16.9 Å². The molecule has 1 unspecified atom stereocenters. The van der Waals surface area contributed by atoms with Crippen LogP contribution in [0.1, 0.15) is 0 Å². The Bertz CT molecular complexity index is 366. The van der Waals surface area contributed by atoms with E-state index in [1.54, 1.807) is 12.1 Å². The van der Waals surface area contributed by atoms with Crippen molar-refractivity contribution in [2.45, 2.75) is 5.38 Å². The van der Waals surface area contributed by atoms with E-state index in [0.717, 1.165) is 0 Å². The first-order valence-electron chi connectivity index (χ1n) is 3.75. The maximum atomic E-state index is 13.1. The van der Waals surface area contributed by atoms with Gasteiger partial charge in [-0.05, 0) is 18.2 Å². The molecule has 0 aliphatic rings. The number of rotatable bonds is 3. The van der Waals surface area contributed by atoms with E-state index in [2.05, 4.69) is 15.9 Å². The van der Waals surface area contributed by atoms with Gasteiger partial charge in [0.25, 0.3) is 0 Å². The summed E-state index contributed by atoms with van der Waals surface area (Å²) in [4.78, 5) is 0. The van der Waals surface area contributed by atoms with Gasteiger partial charge in [0.05, 0.1) is 6.07 Å². The summed E-state index contributed by atoms with van der Waals surface area (Å²) in [6.07, 6.45) is 0. The fraction of sp³-hybridized carbons (Fsp3) is 0.222. The van der Waals surface area contributed by atoms with Gasteiger partial charge < -0.3 is 4.74 Å². The maximum absolute atomic E-state index is 13.1. The predicted molar refractivity (Wildman–Crippen MR) is 54.8 cm³/mol. The van der Waals surface area contributed by atoms with Gasteiger partial charge in [0.2, 0.25) is 0 Å². The molecule has 0 amide bonds. The van der Waals surface area contributed by atoms with Crippen LogP contribution in [0.2, 0.25) is 0 Å². The van der Waals surface area contributed by atoms with E-state index in [1.165, 1.54) is 12.1 Å². The summed E-state index contributed by atoms with van der Waals surface area (Å²) in [5.41, 5.74) is 0. The maximum Gasteiger partial charge on any atom is 0.166 e.